The fourth-order valence-electron chi connectivity index (χ4n) is 12.3. The molecule has 63 heavy (non-hydrogen) atoms. The Morgan fingerprint density at radius 1 is 0.984 bits per heavy atom. The maximum absolute atomic E-state index is 14.0. The van der Waals surface area contributed by atoms with Crippen LogP contribution in [0.5, 0.6) is 0 Å². The van der Waals surface area contributed by atoms with Crippen molar-refractivity contribution in [2.24, 2.45) is 18.9 Å². The molecule has 4 atom stereocenters. The van der Waals surface area contributed by atoms with Gasteiger partial charge in [0.25, 0.3) is 0 Å². The minimum atomic E-state index is -1.16. The summed E-state index contributed by atoms with van der Waals surface area (Å²) in [7, 11) is 3.44. The molecule has 10 rings (SSSR count). The lowest BCUT2D eigenvalue weighted by Gasteiger charge is -2.58. The van der Waals surface area contributed by atoms with E-state index >= 15 is 0 Å². The normalized spacial score (nSPS) is 26.3. The number of carbonyl (C=O) groups is 2. The fraction of sp³-hybridized carbons (Fsp3) is 0.681. The number of likely N-dealkylation sites (tertiary alicyclic amines) is 1. The standard InChI is InChI=1S/C47H67N11O4S/c1-5-6-12-39(42(59)48-3)57-38-15-10-14-37(40(38)52(4)45(57)61)53-24-16-33(17-25-53)29-54-23-8-7-20-46(54)30-56(31-46)63(62)55-26-18-34(19-27-55)50-44-49-28-35-41(51-44)58(36-13-9-11-32(36)2)43(60)47(35)21-22-47/h5,10,14-15,28,32-34,36,39H,1,6-9,11-13,16-27,29-31H2,2-4H3,(H,48,59)(H,49,50,51). The van der Waals surface area contributed by atoms with Crippen molar-refractivity contribution in [2.75, 3.05) is 74.5 Å². The molecule has 6 fully saturated rings. The second-order valence-electron chi connectivity index (χ2n) is 20.0. The Morgan fingerprint density at radius 3 is 2.46 bits per heavy atom. The number of imidazole rings is 1. The number of aromatic nitrogens is 4. The lowest BCUT2D eigenvalue weighted by molar-refractivity contribution is -0.124. The van der Waals surface area contributed by atoms with Gasteiger partial charge in [0.15, 0.2) is 11.2 Å². The van der Waals surface area contributed by atoms with E-state index in [0.29, 0.717) is 30.6 Å². The molecule has 7 aliphatic rings. The molecule has 2 saturated carbocycles. The molecule has 7 heterocycles. The summed E-state index contributed by atoms with van der Waals surface area (Å²) in [6, 6.07) is 5.91. The van der Waals surface area contributed by atoms with Gasteiger partial charge in [0, 0.05) is 89.3 Å². The molecule has 2 N–H and O–H groups in total. The van der Waals surface area contributed by atoms with Crippen molar-refractivity contribution in [3.05, 3.63) is 53.1 Å². The van der Waals surface area contributed by atoms with Crippen LogP contribution in [0.4, 0.5) is 17.5 Å². The predicted molar refractivity (Wildman–Crippen MR) is 248 cm³/mol. The number of aryl methyl sites for hydroxylation is 1. The SMILES string of the molecule is C=CCCC(C(=O)NC)n1c(=O)n(C)c2c(N3CCC(CN4CCCCC45CN(S(=O)N4CCC(Nc6ncc7c(n6)N(C6CCCC6C)C(=O)C76CC6)CC4)C5)CC3)cccc21. The van der Waals surface area contributed by atoms with Crippen LogP contribution in [-0.4, -0.2) is 126 Å². The Labute approximate surface area is 374 Å². The molecule has 16 heteroatoms. The highest BCUT2D eigenvalue weighted by molar-refractivity contribution is 7.80. The number of rotatable bonds is 13. The highest BCUT2D eigenvalue weighted by Gasteiger charge is 2.62. The molecule has 3 aromatic rings. The zero-order valence-electron chi connectivity index (χ0n) is 37.6. The molecule has 5 aliphatic heterocycles. The third-order valence-corrected chi connectivity index (χ3v) is 17.7. The number of nitrogens with zero attached hydrogens (tertiary/aromatic N) is 9. The van der Waals surface area contributed by atoms with E-state index in [-0.39, 0.29) is 40.5 Å². The Balaban J connectivity index is 0.729. The molecule has 1 aromatic carbocycles. The zero-order valence-corrected chi connectivity index (χ0v) is 38.4. The van der Waals surface area contributed by atoms with Crippen molar-refractivity contribution in [2.45, 2.75) is 126 Å². The van der Waals surface area contributed by atoms with Crippen LogP contribution in [0.2, 0.25) is 0 Å². The first-order valence-corrected chi connectivity index (χ1v) is 25.0. The predicted octanol–water partition coefficient (Wildman–Crippen LogP) is 4.86. The molecule has 15 nitrogen and oxygen atoms in total. The van der Waals surface area contributed by atoms with E-state index in [1.54, 1.807) is 22.3 Å². The van der Waals surface area contributed by atoms with Crippen molar-refractivity contribution < 1.29 is 13.8 Å². The average molecular weight is 882 g/mol. The minimum absolute atomic E-state index is 0.0974. The zero-order chi connectivity index (χ0) is 43.6. The number of hydrogen-bond acceptors (Lipinski definition) is 9. The van der Waals surface area contributed by atoms with E-state index in [1.807, 2.05) is 30.3 Å². The highest BCUT2D eigenvalue weighted by atomic mass is 32.2. The van der Waals surface area contributed by atoms with Gasteiger partial charge in [-0.1, -0.05) is 31.9 Å². The van der Waals surface area contributed by atoms with E-state index in [4.69, 9.17) is 9.97 Å². The van der Waals surface area contributed by atoms with E-state index in [1.165, 1.54) is 12.8 Å². The third-order valence-electron chi connectivity index (χ3n) is 16.2. The van der Waals surface area contributed by atoms with Gasteiger partial charge < -0.3 is 15.5 Å². The smallest absolute Gasteiger partial charge is 0.329 e. The summed E-state index contributed by atoms with van der Waals surface area (Å²) in [6.07, 6.45) is 17.5. The van der Waals surface area contributed by atoms with Gasteiger partial charge in [-0.15, -0.1) is 6.58 Å². The number of nitrogens with one attached hydrogen (secondary N) is 2. The van der Waals surface area contributed by atoms with E-state index < -0.39 is 17.2 Å². The third kappa shape index (κ3) is 7.44. The molecular formula is C47H67N11O4S. The molecule has 0 bridgehead atoms. The summed E-state index contributed by atoms with van der Waals surface area (Å²) in [5.41, 5.74) is 3.29. The number of fused-ring (bicyclic) bond motifs is 3. The first-order chi connectivity index (χ1) is 30.6. The second kappa shape index (κ2) is 17.0. The maximum atomic E-state index is 14.0. The molecule has 2 amide bonds. The summed E-state index contributed by atoms with van der Waals surface area (Å²) in [4.78, 5) is 57.4. The Morgan fingerprint density at radius 2 is 1.76 bits per heavy atom. The number of allylic oxidation sites excluding steroid dienone is 1. The molecule has 2 spiro atoms. The molecule has 2 aromatic heterocycles. The van der Waals surface area contributed by atoms with E-state index in [9.17, 15) is 18.6 Å². The minimum Gasteiger partial charge on any atom is -0.370 e. The molecule has 4 saturated heterocycles. The van der Waals surface area contributed by atoms with Crippen molar-refractivity contribution in [3.8, 4) is 0 Å². The molecular weight excluding hydrogens is 815 g/mol. The fourth-order valence-corrected chi connectivity index (χ4v) is 13.9. The monoisotopic (exact) mass is 882 g/mol. The van der Waals surface area contributed by atoms with Crippen LogP contribution in [-0.2, 0) is 33.2 Å². The number of piperidine rings is 3. The van der Waals surface area contributed by atoms with Crippen molar-refractivity contribution in [1.82, 2.24) is 37.9 Å². The molecule has 0 radical (unpaired) electrons. The lowest BCUT2D eigenvalue weighted by Crippen LogP contribution is -2.73. The Bertz CT molecular complexity index is 2320. The summed E-state index contributed by atoms with van der Waals surface area (Å²) in [5, 5.41) is 6.37. The van der Waals surface area contributed by atoms with Crippen LogP contribution in [0.25, 0.3) is 11.0 Å². The number of hydrogen-bond donors (Lipinski definition) is 2. The lowest BCUT2D eigenvalue weighted by atomic mass is 9.80. The first-order valence-electron chi connectivity index (χ1n) is 24.0. The number of para-hydroxylation sites is 1. The van der Waals surface area contributed by atoms with Crippen LogP contribution in [0, 0.1) is 11.8 Å². The largest absolute Gasteiger partial charge is 0.370 e. The van der Waals surface area contributed by atoms with Gasteiger partial charge in [-0.3, -0.25) is 28.5 Å². The van der Waals surface area contributed by atoms with Gasteiger partial charge in [-0.2, -0.15) is 4.98 Å². The topological polar surface area (TPSA) is 144 Å². The van der Waals surface area contributed by atoms with Gasteiger partial charge in [0.1, 0.15) is 11.9 Å². The summed E-state index contributed by atoms with van der Waals surface area (Å²) in [6.45, 7) is 13.3. The molecule has 340 valence electrons. The summed E-state index contributed by atoms with van der Waals surface area (Å²) < 4.78 is 21.8. The number of benzene rings is 1. The van der Waals surface area contributed by atoms with Crippen molar-refractivity contribution in [1.29, 1.82) is 0 Å². The average Bonchev–Trinajstić information content (AvgIpc) is 3.86. The Kier molecular flexibility index (Phi) is 11.6. The maximum Gasteiger partial charge on any atom is 0.329 e. The van der Waals surface area contributed by atoms with Crippen LogP contribution in [0.3, 0.4) is 0 Å². The van der Waals surface area contributed by atoms with Gasteiger partial charge in [-0.05, 0) is 108 Å². The van der Waals surface area contributed by atoms with Gasteiger partial charge in [-0.25, -0.2) is 22.6 Å². The van der Waals surface area contributed by atoms with Crippen molar-refractivity contribution >= 4 is 51.5 Å². The number of likely N-dealkylation sites (N-methyl/N-ethyl adjacent to an activating group) is 1. The van der Waals surface area contributed by atoms with E-state index in [0.717, 1.165) is 145 Å². The Hall–Kier alpha value is -4.12. The number of carbonyl (C=O) groups excluding carboxylic acids is 2. The number of anilines is 3. The van der Waals surface area contributed by atoms with Crippen LogP contribution < -0.4 is 26.1 Å². The summed E-state index contributed by atoms with van der Waals surface area (Å²) >= 11 is -1.16. The quantitative estimate of drug-likeness (QED) is 0.230. The van der Waals surface area contributed by atoms with Gasteiger partial charge >= 0.3 is 5.69 Å². The van der Waals surface area contributed by atoms with Gasteiger partial charge in [0.2, 0.25) is 17.8 Å². The van der Waals surface area contributed by atoms with Crippen LogP contribution >= 0.6 is 0 Å². The number of amides is 2. The van der Waals surface area contributed by atoms with Gasteiger partial charge in [0.05, 0.1) is 22.1 Å². The first kappa shape index (κ1) is 42.8. The highest BCUT2D eigenvalue weighted by Crippen LogP contribution is 2.58. The van der Waals surface area contributed by atoms with E-state index in [2.05, 4.69) is 48.6 Å². The molecule has 2 aliphatic carbocycles. The summed E-state index contributed by atoms with van der Waals surface area (Å²) in [5.74, 6) is 2.57. The second-order valence-corrected chi connectivity index (χ2v) is 21.4. The van der Waals surface area contributed by atoms with Crippen LogP contribution in [0.1, 0.15) is 108 Å². The van der Waals surface area contributed by atoms with Crippen molar-refractivity contribution in [3.63, 3.8) is 0 Å². The van der Waals surface area contributed by atoms with Crippen LogP contribution in [0.15, 0.2) is 41.8 Å². The molecule has 4 unspecified atom stereocenters.